The number of nitrogens with one attached hydrogen (secondary N) is 1. The van der Waals surface area contributed by atoms with Crippen LogP contribution in [0.4, 0.5) is 10.5 Å². The molecule has 1 heterocycles. The zero-order valence-electron chi connectivity index (χ0n) is 13.9. The second-order valence-electron chi connectivity index (χ2n) is 6.03. The van der Waals surface area contributed by atoms with Crippen LogP contribution in [0, 0.1) is 0 Å². The molecule has 0 saturated carbocycles. The summed E-state index contributed by atoms with van der Waals surface area (Å²) in [4.78, 5) is 14.6. The van der Waals surface area contributed by atoms with E-state index in [0.717, 1.165) is 31.5 Å². The van der Waals surface area contributed by atoms with E-state index in [9.17, 15) is 4.79 Å². The lowest BCUT2D eigenvalue weighted by molar-refractivity contribution is 0.206. The van der Waals surface area contributed by atoms with E-state index >= 15 is 0 Å². The highest BCUT2D eigenvalue weighted by Crippen LogP contribution is 2.24. The summed E-state index contributed by atoms with van der Waals surface area (Å²) in [6.45, 7) is 5.72. The molecular formula is C20H24N2O. The Bertz CT molecular complexity index is 686. The number of para-hydroxylation sites is 1. The van der Waals surface area contributed by atoms with Crippen molar-refractivity contribution in [3.05, 3.63) is 64.7 Å². The fraction of sp³-hybridized carbons (Fsp3) is 0.350. The van der Waals surface area contributed by atoms with Crippen LogP contribution in [0.2, 0.25) is 0 Å². The van der Waals surface area contributed by atoms with Crippen molar-refractivity contribution >= 4 is 11.7 Å². The van der Waals surface area contributed by atoms with Crippen LogP contribution >= 0.6 is 0 Å². The maximum Gasteiger partial charge on any atom is 0.322 e. The average Bonchev–Trinajstić information content (AvgIpc) is 2.61. The fourth-order valence-corrected chi connectivity index (χ4v) is 3.26. The number of anilines is 1. The Labute approximate surface area is 138 Å². The fourth-order valence-electron chi connectivity index (χ4n) is 3.26. The molecule has 0 radical (unpaired) electrons. The van der Waals surface area contributed by atoms with Crippen LogP contribution in [-0.4, -0.2) is 17.5 Å². The highest BCUT2D eigenvalue weighted by atomic mass is 16.2. The number of amides is 2. The molecule has 0 unspecified atom stereocenters. The number of carbonyl (C=O) groups excluding carboxylic acids is 1. The monoisotopic (exact) mass is 308 g/mol. The standard InChI is InChI=1S/C20H24N2O/c1-3-15-10-7-11-16(4-2)19(15)21-20(23)22-13-12-17-8-5-6-9-18(17)14-22/h5-11H,3-4,12-14H2,1-2H3,(H,21,23). The first kappa shape index (κ1) is 15.6. The minimum absolute atomic E-state index is 0.00935. The van der Waals surface area contributed by atoms with Gasteiger partial charge in [0, 0.05) is 18.8 Å². The molecular weight excluding hydrogens is 284 g/mol. The van der Waals surface area contributed by atoms with E-state index in [4.69, 9.17) is 0 Å². The van der Waals surface area contributed by atoms with Crippen LogP contribution in [0.25, 0.3) is 0 Å². The van der Waals surface area contributed by atoms with E-state index in [1.807, 2.05) is 11.0 Å². The van der Waals surface area contributed by atoms with Crippen molar-refractivity contribution in [3.63, 3.8) is 0 Å². The number of hydrogen-bond acceptors (Lipinski definition) is 1. The van der Waals surface area contributed by atoms with Crippen LogP contribution in [0.5, 0.6) is 0 Å². The maximum absolute atomic E-state index is 12.7. The first-order valence-corrected chi connectivity index (χ1v) is 8.46. The van der Waals surface area contributed by atoms with E-state index in [0.29, 0.717) is 6.54 Å². The Kier molecular flexibility index (Phi) is 4.65. The largest absolute Gasteiger partial charge is 0.322 e. The molecule has 1 aliphatic rings. The van der Waals surface area contributed by atoms with Gasteiger partial charge in [-0.15, -0.1) is 0 Å². The molecule has 3 heteroatoms. The summed E-state index contributed by atoms with van der Waals surface area (Å²) in [5.74, 6) is 0. The summed E-state index contributed by atoms with van der Waals surface area (Å²) in [7, 11) is 0. The number of fused-ring (bicyclic) bond motifs is 1. The number of rotatable bonds is 3. The van der Waals surface area contributed by atoms with Gasteiger partial charge in [0.2, 0.25) is 0 Å². The summed E-state index contributed by atoms with van der Waals surface area (Å²) in [5.41, 5.74) is 6.03. The molecule has 0 aliphatic carbocycles. The first-order valence-electron chi connectivity index (χ1n) is 8.46. The lowest BCUT2D eigenvalue weighted by Crippen LogP contribution is -2.39. The normalized spacial score (nSPS) is 13.6. The van der Waals surface area contributed by atoms with Gasteiger partial charge in [-0.05, 0) is 41.5 Å². The van der Waals surface area contributed by atoms with E-state index in [2.05, 4.69) is 55.6 Å². The molecule has 0 bridgehead atoms. The van der Waals surface area contributed by atoms with Crippen molar-refractivity contribution in [3.8, 4) is 0 Å². The van der Waals surface area contributed by atoms with Crippen molar-refractivity contribution in [2.75, 3.05) is 11.9 Å². The van der Waals surface area contributed by atoms with Gasteiger partial charge in [-0.25, -0.2) is 4.79 Å². The molecule has 3 rings (SSSR count). The second kappa shape index (κ2) is 6.86. The zero-order chi connectivity index (χ0) is 16.2. The van der Waals surface area contributed by atoms with Crippen molar-refractivity contribution in [1.29, 1.82) is 0 Å². The van der Waals surface area contributed by atoms with Gasteiger partial charge in [0.15, 0.2) is 0 Å². The quantitative estimate of drug-likeness (QED) is 0.895. The van der Waals surface area contributed by atoms with Gasteiger partial charge in [0.1, 0.15) is 0 Å². The predicted molar refractivity (Wildman–Crippen MR) is 94.8 cm³/mol. The predicted octanol–water partition coefficient (Wildman–Crippen LogP) is 4.40. The molecule has 2 aromatic rings. The Morgan fingerprint density at radius 2 is 1.65 bits per heavy atom. The minimum Gasteiger partial charge on any atom is -0.320 e. The number of aryl methyl sites for hydroxylation is 2. The topological polar surface area (TPSA) is 32.3 Å². The van der Waals surface area contributed by atoms with E-state index < -0.39 is 0 Å². The number of urea groups is 1. The lowest BCUT2D eigenvalue weighted by Gasteiger charge is -2.29. The van der Waals surface area contributed by atoms with Crippen LogP contribution in [0.3, 0.4) is 0 Å². The van der Waals surface area contributed by atoms with Crippen molar-refractivity contribution in [2.24, 2.45) is 0 Å². The molecule has 120 valence electrons. The van der Waals surface area contributed by atoms with Crippen LogP contribution in [0.15, 0.2) is 42.5 Å². The van der Waals surface area contributed by atoms with Crippen molar-refractivity contribution < 1.29 is 4.79 Å². The second-order valence-corrected chi connectivity index (χ2v) is 6.03. The minimum atomic E-state index is 0.00935. The molecule has 2 aromatic carbocycles. The summed E-state index contributed by atoms with van der Waals surface area (Å²) in [5, 5.41) is 3.17. The SMILES string of the molecule is CCc1cccc(CC)c1NC(=O)N1CCc2ccccc2C1. The van der Waals surface area contributed by atoms with Gasteiger partial charge in [-0.3, -0.25) is 0 Å². The Morgan fingerprint density at radius 3 is 2.30 bits per heavy atom. The third kappa shape index (κ3) is 3.24. The first-order chi connectivity index (χ1) is 11.2. The Hall–Kier alpha value is -2.29. The van der Waals surface area contributed by atoms with Crippen molar-refractivity contribution in [1.82, 2.24) is 4.90 Å². The molecule has 1 N–H and O–H groups in total. The summed E-state index contributed by atoms with van der Waals surface area (Å²) < 4.78 is 0. The highest BCUT2D eigenvalue weighted by molar-refractivity contribution is 5.91. The molecule has 0 spiro atoms. The molecule has 2 amide bonds. The van der Waals surface area contributed by atoms with Gasteiger partial charge in [-0.2, -0.15) is 0 Å². The van der Waals surface area contributed by atoms with Gasteiger partial charge >= 0.3 is 6.03 Å². The zero-order valence-corrected chi connectivity index (χ0v) is 13.9. The Morgan fingerprint density at radius 1 is 1.00 bits per heavy atom. The van der Waals surface area contributed by atoms with E-state index in [1.54, 1.807) is 0 Å². The summed E-state index contributed by atoms with van der Waals surface area (Å²) in [6, 6.07) is 14.7. The van der Waals surface area contributed by atoms with Crippen molar-refractivity contribution in [2.45, 2.75) is 39.7 Å². The van der Waals surface area contributed by atoms with Crippen LogP contribution < -0.4 is 5.32 Å². The number of benzene rings is 2. The number of carbonyl (C=O) groups is 1. The lowest BCUT2D eigenvalue weighted by atomic mass is 10.00. The molecule has 23 heavy (non-hydrogen) atoms. The number of nitrogens with zero attached hydrogens (tertiary/aromatic N) is 1. The van der Waals surface area contributed by atoms with Gasteiger partial charge in [0.05, 0.1) is 0 Å². The van der Waals surface area contributed by atoms with Gasteiger partial charge in [0.25, 0.3) is 0 Å². The van der Waals surface area contributed by atoms with Gasteiger partial charge in [-0.1, -0.05) is 56.3 Å². The molecule has 1 aliphatic heterocycles. The molecule has 0 aromatic heterocycles. The smallest absolute Gasteiger partial charge is 0.320 e. The van der Waals surface area contributed by atoms with E-state index in [1.165, 1.54) is 22.3 Å². The number of hydrogen-bond donors (Lipinski definition) is 1. The third-order valence-electron chi connectivity index (χ3n) is 4.65. The molecule has 0 fully saturated rings. The average molecular weight is 308 g/mol. The summed E-state index contributed by atoms with van der Waals surface area (Å²) >= 11 is 0. The molecule has 3 nitrogen and oxygen atoms in total. The van der Waals surface area contributed by atoms with Crippen LogP contribution in [-0.2, 0) is 25.8 Å². The Balaban J connectivity index is 1.78. The van der Waals surface area contributed by atoms with E-state index in [-0.39, 0.29) is 6.03 Å². The maximum atomic E-state index is 12.7. The molecule has 0 saturated heterocycles. The third-order valence-corrected chi connectivity index (χ3v) is 4.65. The van der Waals surface area contributed by atoms with Crippen LogP contribution in [0.1, 0.15) is 36.1 Å². The molecule has 0 atom stereocenters. The highest BCUT2D eigenvalue weighted by Gasteiger charge is 2.21. The van der Waals surface area contributed by atoms with Gasteiger partial charge < -0.3 is 10.2 Å². The summed E-state index contributed by atoms with van der Waals surface area (Å²) in [6.07, 6.45) is 2.78.